The number of benzene rings is 1. The van der Waals surface area contributed by atoms with Crippen LogP contribution in [0.2, 0.25) is 0 Å². The minimum atomic E-state index is -0.209. The number of aliphatic hydroxyl groups excluding tert-OH is 1. The van der Waals surface area contributed by atoms with Crippen molar-refractivity contribution in [3.8, 4) is 0 Å². The molecule has 3 rings (SSSR count). The van der Waals surface area contributed by atoms with E-state index in [1.807, 2.05) is 43.3 Å². The summed E-state index contributed by atoms with van der Waals surface area (Å²) in [4.78, 5) is 14.5. The molecule has 2 heterocycles. The van der Waals surface area contributed by atoms with E-state index in [2.05, 4.69) is 10.2 Å². The van der Waals surface area contributed by atoms with Crippen molar-refractivity contribution in [3.05, 3.63) is 47.9 Å². The Balaban J connectivity index is 1.61. The van der Waals surface area contributed by atoms with Crippen molar-refractivity contribution < 1.29 is 14.3 Å². The largest absolute Gasteiger partial charge is 0.466 e. The van der Waals surface area contributed by atoms with Gasteiger partial charge in [0.1, 0.15) is 11.5 Å². The Labute approximate surface area is 142 Å². The van der Waals surface area contributed by atoms with Gasteiger partial charge in [-0.05, 0) is 44.0 Å². The second kappa shape index (κ2) is 7.53. The Kier molecular flexibility index (Phi) is 5.20. The number of nitrogens with one attached hydrogen (secondary N) is 1. The van der Waals surface area contributed by atoms with E-state index in [0.717, 1.165) is 48.8 Å². The molecule has 1 aromatic heterocycles. The molecule has 1 aliphatic rings. The maximum Gasteiger partial charge on any atom is 0.224 e. The van der Waals surface area contributed by atoms with Gasteiger partial charge in [0, 0.05) is 25.9 Å². The summed E-state index contributed by atoms with van der Waals surface area (Å²) in [6, 6.07) is 11.7. The van der Waals surface area contributed by atoms with Crippen LogP contribution in [0, 0.1) is 6.92 Å². The lowest BCUT2D eigenvalue weighted by atomic mass is 10.1. The first kappa shape index (κ1) is 16.6. The van der Waals surface area contributed by atoms with Gasteiger partial charge in [0.2, 0.25) is 5.91 Å². The van der Waals surface area contributed by atoms with E-state index in [4.69, 9.17) is 4.42 Å². The molecular weight excluding hydrogens is 304 g/mol. The fraction of sp³-hybridized carbons (Fsp3) is 0.421. The van der Waals surface area contributed by atoms with Crippen LogP contribution in [0.15, 0.2) is 40.8 Å². The summed E-state index contributed by atoms with van der Waals surface area (Å²) in [7, 11) is 0. The fourth-order valence-corrected chi connectivity index (χ4v) is 3.03. The van der Waals surface area contributed by atoms with Crippen LogP contribution in [0.3, 0.4) is 0 Å². The number of para-hydroxylation sites is 2. The number of aliphatic hydroxyl groups is 1. The number of furan rings is 1. The lowest BCUT2D eigenvalue weighted by Crippen LogP contribution is -2.36. The van der Waals surface area contributed by atoms with Crippen molar-refractivity contribution in [2.24, 2.45) is 0 Å². The van der Waals surface area contributed by atoms with Crippen LogP contribution in [0.4, 0.5) is 11.4 Å². The predicted molar refractivity (Wildman–Crippen MR) is 94.3 cm³/mol. The molecule has 2 aromatic rings. The molecule has 24 heavy (non-hydrogen) atoms. The van der Waals surface area contributed by atoms with Gasteiger partial charge in [0.05, 0.1) is 17.5 Å². The first-order chi connectivity index (χ1) is 11.6. The maximum absolute atomic E-state index is 12.3. The van der Waals surface area contributed by atoms with Crippen LogP contribution in [-0.4, -0.2) is 30.2 Å². The summed E-state index contributed by atoms with van der Waals surface area (Å²) >= 11 is 0. The van der Waals surface area contributed by atoms with Gasteiger partial charge in [-0.1, -0.05) is 12.1 Å². The SMILES string of the molecule is Cc1ccc(CCC(=O)Nc2ccccc2N2CCC(O)CC2)o1. The summed E-state index contributed by atoms with van der Waals surface area (Å²) < 4.78 is 5.50. The molecule has 0 aliphatic carbocycles. The Morgan fingerprint density at radius 1 is 1.25 bits per heavy atom. The van der Waals surface area contributed by atoms with Gasteiger partial charge in [-0.15, -0.1) is 0 Å². The molecule has 1 fully saturated rings. The predicted octanol–water partition coefficient (Wildman–Crippen LogP) is 3.12. The number of amides is 1. The number of nitrogens with zero attached hydrogens (tertiary/aromatic N) is 1. The first-order valence-corrected chi connectivity index (χ1v) is 8.49. The standard InChI is InChI=1S/C19H24N2O3/c1-14-6-7-16(24-14)8-9-19(23)20-17-4-2-3-5-18(17)21-12-10-15(22)11-13-21/h2-7,15,22H,8-13H2,1H3,(H,20,23). The molecule has 5 nitrogen and oxygen atoms in total. The van der Waals surface area contributed by atoms with Crippen LogP contribution in [0.25, 0.3) is 0 Å². The summed E-state index contributed by atoms with van der Waals surface area (Å²) in [6.07, 6.45) is 2.30. The quantitative estimate of drug-likeness (QED) is 0.885. The maximum atomic E-state index is 12.3. The lowest BCUT2D eigenvalue weighted by Gasteiger charge is -2.32. The Morgan fingerprint density at radius 3 is 2.71 bits per heavy atom. The molecule has 2 N–H and O–H groups in total. The van der Waals surface area contributed by atoms with Crippen LogP contribution < -0.4 is 10.2 Å². The normalized spacial score (nSPS) is 15.5. The van der Waals surface area contributed by atoms with Crippen molar-refractivity contribution in [3.63, 3.8) is 0 Å². The number of anilines is 2. The Hall–Kier alpha value is -2.27. The van der Waals surface area contributed by atoms with E-state index in [-0.39, 0.29) is 12.0 Å². The van der Waals surface area contributed by atoms with Gasteiger partial charge in [-0.2, -0.15) is 0 Å². The number of hydrogen-bond donors (Lipinski definition) is 2. The van der Waals surface area contributed by atoms with E-state index >= 15 is 0 Å². The van der Waals surface area contributed by atoms with Crippen molar-refractivity contribution in [1.82, 2.24) is 0 Å². The van der Waals surface area contributed by atoms with E-state index in [9.17, 15) is 9.90 Å². The van der Waals surface area contributed by atoms with Gasteiger partial charge in [0.15, 0.2) is 0 Å². The second-order valence-corrected chi connectivity index (χ2v) is 6.30. The van der Waals surface area contributed by atoms with Crippen molar-refractivity contribution >= 4 is 17.3 Å². The smallest absolute Gasteiger partial charge is 0.224 e. The highest BCUT2D eigenvalue weighted by atomic mass is 16.3. The number of hydrogen-bond acceptors (Lipinski definition) is 4. The second-order valence-electron chi connectivity index (χ2n) is 6.30. The number of carbonyl (C=O) groups is 1. The summed E-state index contributed by atoms with van der Waals surface area (Å²) in [5, 5.41) is 12.7. The fourth-order valence-electron chi connectivity index (χ4n) is 3.03. The van der Waals surface area contributed by atoms with Gasteiger partial charge in [-0.3, -0.25) is 4.79 Å². The minimum absolute atomic E-state index is 0.0199. The van der Waals surface area contributed by atoms with E-state index in [1.54, 1.807) is 0 Å². The topological polar surface area (TPSA) is 65.7 Å². The Bertz CT molecular complexity index is 687. The van der Waals surface area contributed by atoms with Gasteiger partial charge in [0.25, 0.3) is 0 Å². The lowest BCUT2D eigenvalue weighted by molar-refractivity contribution is -0.116. The van der Waals surface area contributed by atoms with E-state index in [0.29, 0.717) is 12.8 Å². The van der Waals surface area contributed by atoms with Crippen LogP contribution in [0.1, 0.15) is 30.8 Å². The van der Waals surface area contributed by atoms with Crippen molar-refractivity contribution in [1.29, 1.82) is 0 Å². The van der Waals surface area contributed by atoms with Gasteiger partial charge in [-0.25, -0.2) is 0 Å². The monoisotopic (exact) mass is 328 g/mol. The molecule has 1 aromatic carbocycles. The number of rotatable bonds is 5. The summed E-state index contributed by atoms with van der Waals surface area (Å²) in [5.41, 5.74) is 1.85. The first-order valence-electron chi connectivity index (χ1n) is 8.49. The summed E-state index contributed by atoms with van der Waals surface area (Å²) in [5.74, 6) is 1.68. The molecule has 0 spiro atoms. The van der Waals surface area contributed by atoms with Crippen LogP contribution in [0.5, 0.6) is 0 Å². The van der Waals surface area contributed by atoms with Crippen molar-refractivity contribution in [2.45, 2.75) is 38.7 Å². The summed E-state index contributed by atoms with van der Waals surface area (Å²) in [6.45, 7) is 3.51. The third-order valence-electron chi connectivity index (χ3n) is 4.38. The highest BCUT2D eigenvalue weighted by molar-refractivity contribution is 5.94. The molecule has 1 saturated heterocycles. The third-order valence-corrected chi connectivity index (χ3v) is 4.38. The molecule has 128 valence electrons. The zero-order valence-electron chi connectivity index (χ0n) is 14.0. The molecule has 1 aliphatic heterocycles. The molecule has 0 radical (unpaired) electrons. The number of piperidine rings is 1. The van der Waals surface area contributed by atoms with Crippen LogP contribution >= 0.6 is 0 Å². The number of carbonyl (C=O) groups excluding carboxylic acids is 1. The molecule has 0 saturated carbocycles. The molecule has 0 atom stereocenters. The molecular formula is C19H24N2O3. The Morgan fingerprint density at radius 2 is 2.00 bits per heavy atom. The average Bonchev–Trinajstić information content (AvgIpc) is 3.00. The van der Waals surface area contributed by atoms with Crippen molar-refractivity contribution in [2.75, 3.05) is 23.3 Å². The molecule has 1 amide bonds. The highest BCUT2D eigenvalue weighted by Gasteiger charge is 2.19. The molecule has 0 unspecified atom stereocenters. The van der Waals surface area contributed by atoms with Gasteiger partial charge < -0.3 is 19.7 Å². The van der Waals surface area contributed by atoms with Crippen LogP contribution in [-0.2, 0) is 11.2 Å². The molecule has 0 bridgehead atoms. The minimum Gasteiger partial charge on any atom is -0.466 e. The zero-order valence-corrected chi connectivity index (χ0v) is 14.0. The van der Waals surface area contributed by atoms with E-state index < -0.39 is 0 Å². The zero-order chi connectivity index (χ0) is 16.9. The highest BCUT2D eigenvalue weighted by Crippen LogP contribution is 2.28. The van der Waals surface area contributed by atoms with E-state index in [1.165, 1.54) is 0 Å². The van der Waals surface area contributed by atoms with Gasteiger partial charge >= 0.3 is 0 Å². The number of aryl methyl sites for hydroxylation is 2. The third kappa shape index (κ3) is 4.17. The average molecular weight is 328 g/mol. The molecule has 5 heteroatoms.